The molecule has 0 atom stereocenters. The lowest BCUT2D eigenvalue weighted by Gasteiger charge is -2.33. The van der Waals surface area contributed by atoms with Crippen molar-refractivity contribution in [2.24, 2.45) is 4.99 Å². The molecule has 1 saturated heterocycles. The molecule has 1 fully saturated rings. The Balaban J connectivity index is 0.00000512. The molecule has 0 amide bonds. The molecule has 0 aromatic heterocycles. The molecule has 184 valence electrons. The summed E-state index contributed by atoms with van der Waals surface area (Å²) in [6.07, 6.45) is 4.57. The van der Waals surface area contributed by atoms with Gasteiger partial charge in [0.15, 0.2) is 17.5 Å². The van der Waals surface area contributed by atoms with Crippen molar-refractivity contribution in [1.29, 1.82) is 0 Å². The number of halogens is 1. The summed E-state index contributed by atoms with van der Waals surface area (Å²) in [7, 11) is 3.51. The highest BCUT2D eigenvalue weighted by atomic mass is 127. The monoisotopic (exact) mass is 562 g/mol. The van der Waals surface area contributed by atoms with Crippen molar-refractivity contribution in [3.63, 3.8) is 0 Å². The number of methoxy groups -OCH3 is 1. The predicted molar refractivity (Wildman–Crippen MR) is 143 cm³/mol. The van der Waals surface area contributed by atoms with Crippen LogP contribution in [0, 0.1) is 0 Å². The quantitative estimate of drug-likeness (QED) is 0.175. The molecule has 7 nitrogen and oxygen atoms in total. The third-order valence-electron chi connectivity index (χ3n) is 5.47. The molecule has 2 N–H and O–H groups in total. The number of guanidine groups is 1. The zero-order valence-electron chi connectivity index (χ0n) is 20.5. The van der Waals surface area contributed by atoms with Gasteiger partial charge < -0.3 is 29.7 Å². The van der Waals surface area contributed by atoms with Gasteiger partial charge in [0.05, 0.1) is 26.4 Å². The van der Waals surface area contributed by atoms with Crippen LogP contribution in [0.5, 0.6) is 11.5 Å². The summed E-state index contributed by atoms with van der Waals surface area (Å²) in [5, 5.41) is 7.04. The zero-order valence-corrected chi connectivity index (χ0v) is 22.8. The highest BCUT2D eigenvalue weighted by molar-refractivity contribution is 14.0. The molecular weight excluding hydrogens is 519 g/mol. The number of piperidine rings is 1. The Kier molecular flexibility index (Phi) is 14.7. The van der Waals surface area contributed by atoms with Crippen molar-refractivity contribution in [2.45, 2.75) is 58.6 Å². The van der Waals surface area contributed by atoms with Crippen LogP contribution in [-0.4, -0.2) is 76.6 Å². The third-order valence-corrected chi connectivity index (χ3v) is 5.47. The minimum Gasteiger partial charge on any atom is -0.493 e. The molecule has 1 aromatic carbocycles. The first kappa shape index (κ1) is 28.8. The fraction of sp³-hybridized carbons (Fsp3) is 0.708. The van der Waals surface area contributed by atoms with Gasteiger partial charge in [0.25, 0.3) is 0 Å². The highest BCUT2D eigenvalue weighted by Crippen LogP contribution is 2.28. The molecule has 0 saturated carbocycles. The summed E-state index contributed by atoms with van der Waals surface area (Å²) in [6, 6.07) is 6.64. The Labute approximate surface area is 211 Å². The smallest absolute Gasteiger partial charge is 0.191 e. The maximum Gasteiger partial charge on any atom is 0.191 e. The van der Waals surface area contributed by atoms with E-state index < -0.39 is 0 Å². The standard InChI is InChI=1S/C24H42N4O3.HI/c1-6-30-23-18-20(9-10-22(23)29-5)8-7-13-26-24(25-4)27-21-11-14-28(15-12-21)16-17-31-19(2)3;/h9-10,18-19,21H,6-8,11-17H2,1-5H3,(H2,25,26,27);1H. The van der Waals surface area contributed by atoms with Gasteiger partial charge in [0, 0.05) is 39.3 Å². The second-order valence-electron chi connectivity index (χ2n) is 8.20. The van der Waals surface area contributed by atoms with Crippen molar-refractivity contribution < 1.29 is 14.2 Å². The first-order valence-electron chi connectivity index (χ1n) is 11.7. The number of aliphatic imine (C=N–C) groups is 1. The number of nitrogens with zero attached hydrogens (tertiary/aromatic N) is 2. The fourth-order valence-electron chi connectivity index (χ4n) is 3.75. The van der Waals surface area contributed by atoms with Crippen molar-refractivity contribution in [3.05, 3.63) is 23.8 Å². The minimum atomic E-state index is 0. The van der Waals surface area contributed by atoms with Crippen molar-refractivity contribution >= 4 is 29.9 Å². The van der Waals surface area contributed by atoms with E-state index in [9.17, 15) is 0 Å². The maximum atomic E-state index is 5.67. The molecule has 0 bridgehead atoms. The number of benzene rings is 1. The van der Waals surface area contributed by atoms with E-state index in [0.717, 1.165) is 75.9 Å². The maximum absolute atomic E-state index is 5.67. The number of aryl methyl sites for hydroxylation is 1. The second kappa shape index (κ2) is 16.4. The fourth-order valence-corrected chi connectivity index (χ4v) is 3.75. The average Bonchev–Trinajstić information content (AvgIpc) is 2.77. The molecule has 0 aliphatic carbocycles. The van der Waals surface area contributed by atoms with Gasteiger partial charge in [-0.15, -0.1) is 24.0 Å². The van der Waals surface area contributed by atoms with E-state index >= 15 is 0 Å². The van der Waals surface area contributed by atoms with Gasteiger partial charge in [-0.1, -0.05) is 6.07 Å². The Hall–Kier alpha value is -1.26. The number of hydrogen-bond donors (Lipinski definition) is 2. The lowest BCUT2D eigenvalue weighted by Crippen LogP contribution is -2.49. The summed E-state index contributed by atoms with van der Waals surface area (Å²) in [5.41, 5.74) is 1.25. The molecule has 2 rings (SSSR count). The minimum absolute atomic E-state index is 0. The summed E-state index contributed by atoms with van der Waals surface area (Å²) in [4.78, 5) is 6.89. The van der Waals surface area contributed by atoms with Gasteiger partial charge in [-0.3, -0.25) is 4.99 Å². The topological polar surface area (TPSA) is 67.4 Å². The van der Waals surface area contributed by atoms with E-state index in [2.05, 4.69) is 46.5 Å². The highest BCUT2D eigenvalue weighted by Gasteiger charge is 2.19. The van der Waals surface area contributed by atoms with E-state index in [1.54, 1.807) is 7.11 Å². The van der Waals surface area contributed by atoms with Crippen LogP contribution in [0.25, 0.3) is 0 Å². The van der Waals surface area contributed by atoms with Gasteiger partial charge in [-0.2, -0.15) is 0 Å². The summed E-state index contributed by atoms with van der Waals surface area (Å²) < 4.78 is 16.7. The van der Waals surface area contributed by atoms with Crippen LogP contribution in [0.2, 0.25) is 0 Å². The molecule has 0 radical (unpaired) electrons. The van der Waals surface area contributed by atoms with Gasteiger partial charge in [0.2, 0.25) is 0 Å². The van der Waals surface area contributed by atoms with Gasteiger partial charge in [0.1, 0.15) is 0 Å². The predicted octanol–water partition coefficient (Wildman–Crippen LogP) is 3.70. The number of likely N-dealkylation sites (tertiary alicyclic amines) is 1. The normalized spacial score (nSPS) is 15.4. The van der Waals surface area contributed by atoms with Crippen LogP contribution in [0.4, 0.5) is 0 Å². The Bertz CT molecular complexity index is 665. The lowest BCUT2D eigenvalue weighted by molar-refractivity contribution is 0.0532. The van der Waals surface area contributed by atoms with E-state index in [-0.39, 0.29) is 24.0 Å². The molecule has 0 spiro atoms. The van der Waals surface area contributed by atoms with Crippen molar-refractivity contribution in [2.75, 3.05) is 53.6 Å². The SMILES string of the molecule is CCOc1cc(CCCNC(=NC)NC2CCN(CCOC(C)C)CC2)ccc1OC.I. The van der Waals surface area contributed by atoms with Crippen LogP contribution >= 0.6 is 24.0 Å². The van der Waals surface area contributed by atoms with E-state index in [0.29, 0.717) is 18.8 Å². The van der Waals surface area contributed by atoms with Crippen LogP contribution in [0.3, 0.4) is 0 Å². The second-order valence-corrected chi connectivity index (χ2v) is 8.20. The molecule has 1 aromatic rings. The molecule has 32 heavy (non-hydrogen) atoms. The van der Waals surface area contributed by atoms with Crippen molar-refractivity contribution in [1.82, 2.24) is 15.5 Å². The third kappa shape index (κ3) is 10.6. The van der Waals surface area contributed by atoms with Gasteiger partial charge in [-0.05, 0) is 64.2 Å². The lowest BCUT2D eigenvalue weighted by atomic mass is 10.1. The Morgan fingerprint density at radius 1 is 1.22 bits per heavy atom. The molecule has 1 aliphatic rings. The number of ether oxygens (including phenoxy) is 3. The van der Waals surface area contributed by atoms with Crippen LogP contribution in [0.1, 0.15) is 45.6 Å². The van der Waals surface area contributed by atoms with Crippen LogP contribution in [-0.2, 0) is 11.2 Å². The van der Waals surface area contributed by atoms with Crippen molar-refractivity contribution in [3.8, 4) is 11.5 Å². The molecule has 0 unspecified atom stereocenters. The van der Waals surface area contributed by atoms with Gasteiger partial charge in [-0.25, -0.2) is 0 Å². The first-order valence-corrected chi connectivity index (χ1v) is 11.7. The molecule has 1 heterocycles. The van der Waals surface area contributed by atoms with E-state index in [1.165, 1.54) is 5.56 Å². The van der Waals surface area contributed by atoms with Gasteiger partial charge >= 0.3 is 0 Å². The summed E-state index contributed by atoms with van der Waals surface area (Å²) in [5.74, 6) is 2.49. The summed E-state index contributed by atoms with van der Waals surface area (Å²) in [6.45, 7) is 11.7. The largest absolute Gasteiger partial charge is 0.493 e. The molecular formula is C24H43IN4O3. The average molecular weight is 563 g/mol. The molecule has 8 heteroatoms. The molecule has 1 aliphatic heterocycles. The first-order chi connectivity index (χ1) is 15.0. The number of hydrogen-bond acceptors (Lipinski definition) is 5. The number of nitrogens with one attached hydrogen (secondary N) is 2. The zero-order chi connectivity index (χ0) is 22.5. The number of rotatable bonds is 12. The summed E-state index contributed by atoms with van der Waals surface area (Å²) >= 11 is 0. The van der Waals surface area contributed by atoms with Crippen LogP contribution < -0.4 is 20.1 Å². The Morgan fingerprint density at radius 2 is 1.97 bits per heavy atom. The van der Waals surface area contributed by atoms with E-state index in [1.807, 2.05) is 20.0 Å². The van der Waals surface area contributed by atoms with E-state index in [4.69, 9.17) is 14.2 Å². The van der Waals surface area contributed by atoms with Crippen LogP contribution in [0.15, 0.2) is 23.2 Å². The Morgan fingerprint density at radius 3 is 2.59 bits per heavy atom.